The van der Waals surface area contributed by atoms with Gasteiger partial charge in [0.15, 0.2) is 0 Å². The van der Waals surface area contributed by atoms with Gasteiger partial charge in [0.25, 0.3) is 0 Å². The quantitative estimate of drug-likeness (QED) is 0.722. The smallest absolute Gasteiger partial charge is 0.0161 e. The number of piperidine rings is 1. The van der Waals surface area contributed by atoms with E-state index >= 15 is 0 Å². The molecule has 1 unspecified atom stereocenters. The number of hydrogen-bond acceptors (Lipinski definition) is 2. The van der Waals surface area contributed by atoms with Gasteiger partial charge in [-0.2, -0.15) is 0 Å². The van der Waals surface area contributed by atoms with E-state index < -0.39 is 0 Å². The Balaban J connectivity index is 1.75. The molecule has 0 spiro atoms. The second kappa shape index (κ2) is 6.54. The second-order valence-electron chi connectivity index (χ2n) is 6.74. The third-order valence-electron chi connectivity index (χ3n) is 4.90. The van der Waals surface area contributed by atoms with Crippen molar-refractivity contribution in [1.29, 1.82) is 0 Å². The summed E-state index contributed by atoms with van der Waals surface area (Å²) in [4.78, 5) is 5.33. The van der Waals surface area contributed by atoms with E-state index in [4.69, 9.17) is 0 Å². The third kappa shape index (κ3) is 3.24. The predicted octanol–water partition coefficient (Wildman–Crippen LogP) is 5.07. The lowest BCUT2D eigenvalue weighted by Crippen LogP contribution is -2.31. The van der Waals surface area contributed by atoms with E-state index in [-0.39, 0.29) is 0 Å². The van der Waals surface area contributed by atoms with Crippen molar-refractivity contribution in [3.8, 4) is 0 Å². The molecule has 2 aliphatic rings. The Labute approximate surface area is 143 Å². The molecule has 1 nitrogen and oxygen atoms in total. The highest BCUT2D eigenvalue weighted by molar-refractivity contribution is 8.08. The van der Waals surface area contributed by atoms with Crippen LogP contribution >= 0.6 is 11.8 Å². The molecule has 2 aromatic rings. The van der Waals surface area contributed by atoms with Gasteiger partial charge in [-0.1, -0.05) is 60.3 Å². The first-order valence-electron chi connectivity index (χ1n) is 8.54. The van der Waals surface area contributed by atoms with Crippen molar-refractivity contribution in [2.24, 2.45) is 5.92 Å². The van der Waals surface area contributed by atoms with Crippen molar-refractivity contribution in [3.05, 3.63) is 71.3 Å². The molecule has 0 amide bonds. The molecule has 0 bridgehead atoms. The van der Waals surface area contributed by atoms with Crippen LogP contribution in [0, 0.1) is 5.92 Å². The van der Waals surface area contributed by atoms with E-state index in [0.29, 0.717) is 5.92 Å². The summed E-state index contributed by atoms with van der Waals surface area (Å²) in [6.07, 6.45) is 6.22. The van der Waals surface area contributed by atoms with E-state index in [2.05, 4.69) is 66.6 Å². The van der Waals surface area contributed by atoms with Crippen LogP contribution < -0.4 is 0 Å². The maximum atomic E-state index is 2.54. The minimum absolute atomic E-state index is 0.676. The maximum absolute atomic E-state index is 2.54. The van der Waals surface area contributed by atoms with Crippen molar-refractivity contribution in [2.75, 3.05) is 20.1 Å². The lowest BCUT2D eigenvalue weighted by Gasteiger charge is -2.28. The van der Waals surface area contributed by atoms with Gasteiger partial charge in [0.05, 0.1) is 0 Å². The molecule has 23 heavy (non-hydrogen) atoms. The number of hydrogen-bond donors (Lipinski definition) is 0. The zero-order valence-electron chi connectivity index (χ0n) is 13.7. The molecule has 1 saturated heterocycles. The van der Waals surface area contributed by atoms with Crippen molar-refractivity contribution in [1.82, 2.24) is 4.90 Å². The number of nitrogens with zero attached hydrogens (tertiary/aromatic N) is 1. The largest absolute Gasteiger partial charge is 0.306 e. The first kappa shape index (κ1) is 15.0. The molecule has 2 heterocycles. The number of thioether (sulfide) groups is 1. The van der Waals surface area contributed by atoms with Crippen molar-refractivity contribution in [3.63, 3.8) is 0 Å². The minimum atomic E-state index is 0.676. The van der Waals surface area contributed by atoms with E-state index in [1.165, 1.54) is 52.4 Å². The fourth-order valence-electron chi connectivity index (χ4n) is 3.72. The molecule has 2 aromatic carbocycles. The summed E-state index contributed by atoms with van der Waals surface area (Å²) in [6.45, 7) is 2.43. The molecule has 2 aliphatic heterocycles. The molecule has 4 rings (SSSR count). The first-order chi connectivity index (χ1) is 11.3. The number of likely N-dealkylation sites (tertiary alicyclic amines) is 1. The van der Waals surface area contributed by atoms with E-state index in [9.17, 15) is 0 Å². The van der Waals surface area contributed by atoms with E-state index in [1.807, 2.05) is 11.8 Å². The Morgan fingerprint density at radius 3 is 2.70 bits per heavy atom. The van der Waals surface area contributed by atoms with Crippen molar-refractivity contribution < 1.29 is 0 Å². The van der Waals surface area contributed by atoms with Crippen LogP contribution in [0.25, 0.3) is 4.91 Å². The molecule has 2 heteroatoms. The summed E-state index contributed by atoms with van der Waals surface area (Å²) in [5.74, 6) is 0.676. The molecular weight excluding hydrogens is 298 g/mol. The van der Waals surface area contributed by atoms with E-state index in [1.54, 1.807) is 0 Å². The molecule has 1 fully saturated rings. The van der Waals surface area contributed by atoms with Crippen LogP contribution in [0.15, 0.2) is 59.5 Å². The van der Waals surface area contributed by atoms with Crippen molar-refractivity contribution >= 4 is 16.7 Å². The van der Waals surface area contributed by atoms with Crippen LogP contribution in [-0.4, -0.2) is 25.0 Å². The molecule has 1 atom stereocenters. The van der Waals surface area contributed by atoms with Crippen molar-refractivity contribution in [2.45, 2.75) is 24.2 Å². The molecular formula is C21H23NS. The Hall–Kier alpha value is -1.51. The zero-order valence-corrected chi connectivity index (χ0v) is 14.5. The average Bonchev–Trinajstić information content (AvgIpc) is 2.71. The van der Waals surface area contributed by atoms with Gasteiger partial charge in [-0.3, -0.25) is 0 Å². The first-order valence-corrected chi connectivity index (χ1v) is 9.35. The highest BCUT2D eigenvalue weighted by atomic mass is 32.2. The zero-order chi connectivity index (χ0) is 15.6. The normalized spacial score (nSPS) is 23.2. The number of fused-ring (bicyclic) bond motifs is 2. The van der Waals surface area contributed by atoms with Crippen LogP contribution in [-0.2, 0) is 6.42 Å². The third-order valence-corrected chi connectivity index (χ3v) is 6.10. The molecule has 0 N–H and O–H groups in total. The lowest BCUT2D eigenvalue weighted by molar-refractivity contribution is 0.238. The fraction of sp³-hybridized carbons (Fsp3) is 0.333. The summed E-state index contributed by atoms with van der Waals surface area (Å²) < 4.78 is 0. The summed E-state index contributed by atoms with van der Waals surface area (Å²) in [6, 6.07) is 17.8. The van der Waals surface area contributed by atoms with Gasteiger partial charge in [-0.05, 0) is 61.5 Å². The monoisotopic (exact) mass is 321 g/mol. The van der Waals surface area contributed by atoms with Gasteiger partial charge < -0.3 is 4.90 Å². The average molecular weight is 321 g/mol. The maximum Gasteiger partial charge on any atom is 0.0161 e. The van der Waals surface area contributed by atoms with Gasteiger partial charge in [-0.15, -0.1) is 0 Å². The SMILES string of the molecule is CN1CCCC(/C=C2\Sc3ccccc3Cc3ccccc32)C1. The fourth-order valence-corrected chi connectivity index (χ4v) is 4.95. The van der Waals surface area contributed by atoms with Gasteiger partial charge in [0.1, 0.15) is 0 Å². The predicted molar refractivity (Wildman–Crippen MR) is 99.7 cm³/mol. The Kier molecular flexibility index (Phi) is 4.28. The highest BCUT2D eigenvalue weighted by Gasteiger charge is 2.20. The minimum Gasteiger partial charge on any atom is -0.306 e. The van der Waals surface area contributed by atoms with Gasteiger partial charge in [0.2, 0.25) is 0 Å². The topological polar surface area (TPSA) is 3.24 Å². The van der Waals surface area contributed by atoms with Gasteiger partial charge >= 0.3 is 0 Å². The summed E-state index contributed by atoms with van der Waals surface area (Å²) in [5.41, 5.74) is 4.34. The summed E-state index contributed by atoms with van der Waals surface area (Å²) in [5, 5.41) is 0. The van der Waals surface area contributed by atoms with Gasteiger partial charge in [0, 0.05) is 16.3 Å². The molecule has 0 saturated carbocycles. The molecule has 0 aromatic heterocycles. The van der Waals surface area contributed by atoms with E-state index in [0.717, 1.165) is 6.42 Å². The van der Waals surface area contributed by atoms with Crippen LogP contribution in [0.2, 0.25) is 0 Å². The Bertz CT molecular complexity index is 734. The second-order valence-corrected chi connectivity index (χ2v) is 7.82. The lowest BCUT2D eigenvalue weighted by atomic mass is 9.95. The standard InChI is InChI=1S/C21H23NS/c1-22-12-6-7-16(15-22)13-21-19-10-4-2-8-17(19)14-18-9-3-5-11-20(18)23-21/h2-5,8-11,13,16H,6-7,12,14-15H2,1H3/b21-13-. The van der Waals surface area contributed by atoms with Crippen LogP contribution in [0.3, 0.4) is 0 Å². The van der Waals surface area contributed by atoms with Crippen LogP contribution in [0.4, 0.5) is 0 Å². The summed E-state index contributed by atoms with van der Waals surface area (Å²) in [7, 11) is 2.24. The molecule has 0 aliphatic carbocycles. The number of benzene rings is 2. The number of rotatable bonds is 1. The van der Waals surface area contributed by atoms with Gasteiger partial charge in [-0.25, -0.2) is 0 Å². The Morgan fingerprint density at radius 1 is 1.04 bits per heavy atom. The highest BCUT2D eigenvalue weighted by Crippen LogP contribution is 2.43. The Morgan fingerprint density at radius 2 is 1.83 bits per heavy atom. The molecule has 0 radical (unpaired) electrons. The van der Waals surface area contributed by atoms with Crippen LogP contribution in [0.1, 0.15) is 29.5 Å². The van der Waals surface area contributed by atoms with Crippen LogP contribution in [0.5, 0.6) is 0 Å². The molecule has 118 valence electrons. The summed E-state index contributed by atoms with van der Waals surface area (Å²) >= 11 is 1.96.